The third-order valence-electron chi connectivity index (χ3n) is 5.72. The second kappa shape index (κ2) is 9.58. The molecule has 1 aromatic rings. The van der Waals surface area contributed by atoms with Crippen molar-refractivity contribution in [2.24, 2.45) is 11.8 Å². The maximum absolute atomic E-state index is 13.0. The fourth-order valence-corrected chi connectivity index (χ4v) is 4.04. The van der Waals surface area contributed by atoms with Gasteiger partial charge in [0.15, 0.2) is 0 Å². The van der Waals surface area contributed by atoms with Crippen molar-refractivity contribution in [1.82, 2.24) is 10.2 Å². The number of carbonyl (C=O) groups excluding carboxylic acids is 3. The Balaban J connectivity index is 1.46. The van der Waals surface area contributed by atoms with E-state index in [9.17, 15) is 14.4 Å². The molecular formula is C23H33N3O5. The lowest BCUT2D eigenvalue weighted by Crippen LogP contribution is -2.44. The van der Waals surface area contributed by atoms with Crippen molar-refractivity contribution in [3.63, 3.8) is 0 Å². The first-order valence-electron chi connectivity index (χ1n) is 10.9. The van der Waals surface area contributed by atoms with Crippen molar-refractivity contribution in [2.45, 2.75) is 45.6 Å². The van der Waals surface area contributed by atoms with E-state index in [-0.39, 0.29) is 24.2 Å². The molecule has 0 aliphatic carbocycles. The van der Waals surface area contributed by atoms with Crippen molar-refractivity contribution >= 4 is 23.6 Å². The van der Waals surface area contributed by atoms with Crippen LogP contribution in [0.2, 0.25) is 0 Å². The minimum atomic E-state index is -0.516. The van der Waals surface area contributed by atoms with Crippen LogP contribution in [0.1, 0.15) is 40.0 Å². The number of piperidine rings is 1. The molecule has 1 unspecified atom stereocenters. The Morgan fingerprint density at radius 3 is 2.35 bits per heavy atom. The van der Waals surface area contributed by atoms with E-state index >= 15 is 0 Å². The van der Waals surface area contributed by atoms with Crippen LogP contribution in [0.25, 0.3) is 0 Å². The number of amides is 3. The average Bonchev–Trinajstić information content (AvgIpc) is 3.12. The Morgan fingerprint density at radius 1 is 1.13 bits per heavy atom. The number of likely N-dealkylation sites (tertiary alicyclic amines) is 1. The van der Waals surface area contributed by atoms with Crippen LogP contribution in [0.4, 0.5) is 10.5 Å². The molecule has 8 nitrogen and oxygen atoms in total. The Morgan fingerprint density at radius 2 is 1.77 bits per heavy atom. The molecule has 3 rings (SSSR count). The standard InChI is InChI=1S/C23H33N3O5/c1-23(2,3)31-22(29)24-14-16-9-11-25(12-10-16)21(28)17-13-20(27)26(15-17)18-5-7-19(30-4)8-6-18/h5-8,16-17H,9-15H2,1-4H3,(H,24,29). The minimum absolute atomic E-state index is 0.0278. The minimum Gasteiger partial charge on any atom is -0.497 e. The molecule has 31 heavy (non-hydrogen) atoms. The van der Waals surface area contributed by atoms with E-state index in [2.05, 4.69) is 5.32 Å². The number of anilines is 1. The highest BCUT2D eigenvalue weighted by Crippen LogP contribution is 2.29. The number of carbonyl (C=O) groups is 3. The van der Waals surface area contributed by atoms with Gasteiger partial charge in [0.1, 0.15) is 11.4 Å². The topological polar surface area (TPSA) is 88.2 Å². The largest absolute Gasteiger partial charge is 0.497 e. The molecule has 0 radical (unpaired) electrons. The van der Waals surface area contributed by atoms with Gasteiger partial charge >= 0.3 is 6.09 Å². The fourth-order valence-electron chi connectivity index (χ4n) is 4.04. The lowest BCUT2D eigenvalue weighted by Gasteiger charge is -2.33. The average molecular weight is 432 g/mol. The second-order valence-electron chi connectivity index (χ2n) is 9.25. The SMILES string of the molecule is COc1ccc(N2CC(C(=O)N3CCC(CNC(=O)OC(C)(C)C)CC3)CC2=O)cc1. The highest BCUT2D eigenvalue weighted by atomic mass is 16.6. The van der Waals surface area contributed by atoms with Gasteiger partial charge in [-0.25, -0.2) is 4.79 Å². The summed E-state index contributed by atoms with van der Waals surface area (Å²) < 4.78 is 10.4. The predicted molar refractivity (Wildman–Crippen MR) is 117 cm³/mol. The molecule has 0 saturated carbocycles. The number of alkyl carbamates (subject to hydrolysis) is 1. The van der Waals surface area contributed by atoms with Crippen molar-refractivity contribution in [1.29, 1.82) is 0 Å². The Hall–Kier alpha value is -2.77. The summed E-state index contributed by atoms with van der Waals surface area (Å²) in [5.74, 6) is 0.749. The molecule has 1 N–H and O–H groups in total. The zero-order valence-electron chi connectivity index (χ0n) is 18.8. The normalized spacial score (nSPS) is 20.0. The molecule has 0 aromatic heterocycles. The number of hydrogen-bond donors (Lipinski definition) is 1. The van der Waals surface area contributed by atoms with Crippen molar-refractivity contribution in [3.8, 4) is 5.75 Å². The van der Waals surface area contributed by atoms with Gasteiger partial charge < -0.3 is 24.6 Å². The van der Waals surface area contributed by atoms with Gasteiger partial charge in [0.05, 0.1) is 13.0 Å². The van der Waals surface area contributed by atoms with Crippen LogP contribution in [0.5, 0.6) is 5.75 Å². The van der Waals surface area contributed by atoms with Crippen LogP contribution >= 0.6 is 0 Å². The van der Waals surface area contributed by atoms with Crippen LogP contribution in [0.3, 0.4) is 0 Å². The molecule has 3 amide bonds. The molecule has 2 aliphatic rings. The fraction of sp³-hybridized carbons (Fsp3) is 0.609. The van der Waals surface area contributed by atoms with E-state index in [0.29, 0.717) is 32.1 Å². The molecule has 2 fully saturated rings. The van der Waals surface area contributed by atoms with Crippen molar-refractivity contribution < 1.29 is 23.9 Å². The summed E-state index contributed by atoms with van der Waals surface area (Å²) in [6, 6.07) is 7.31. The second-order valence-corrected chi connectivity index (χ2v) is 9.25. The van der Waals surface area contributed by atoms with Gasteiger partial charge in [-0.05, 0) is 63.8 Å². The van der Waals surface area contributed by atoms with Crippen LogP contribution in [0.15, 0.2) is 24.3 Å². The van der Waals surface area contributed by atoms with Gasteiger partial charge in [-0.2, -0.15) is 0 Å². The Bertz CT molecular complexity index is 794. The van der Waals surface area contributed by atoms with E-state index in [4.69, 9.17) is 9.47 Å². The Kier molecular flexibility index (Phi) is 7.08. The van der Waals surface area contributed by atoms with E-state index in [0.717, 1.165) is 24.3 Å². The molecule has 1 atom stereocenters. The molecule has 170 valence electrons. The summed E-state index contributed by atoms with van der Waals surface area (Å²) in [5, 5.41) is 2.82. The summed E-state index contributed by atoms with van der Waals surface area (Å²) in [6.45, 7) is 7.74. The van der Waals surface area contributed by atoms with Crippen LogP contribution in [0, 0.1) is 11.8 Å². The van der Waals surface area contributed by atoms with E-state index in [1.807, 2.05) is 49.9 Å². The third kappa shape index (κ3) is 6.12. The zero-order chi connectivity index (χ0) is 22.6. The maximum Gasteiger partial charge on any atom is 0.407 e. The van der Waals surface area contributed by atoms with Gasteiger partial charge in [-0.1, -0.05) is 0 Å². The van der Waals surface area contributed by atoms with E-state index in [1.165, 1.54) is 0 Å². The van der Waals surface area contributed by atoms with Crippen LogP contribution in [-0.4, -0.2) is 61.7 Å². The summed E-state index contributed by atoms with van der Waals surface area (Å²) in [7, 11) is 1.60. The maximum atomic E-state index is 13.0. The first kappa shape index (κ1) is 22.9. The van der Waals surface area contributed by atoms with E-state index < -0.39 is 11.7 Å². The van der Waals surface area contributed by atoms with Crippen molar-refractivity contribution in [2.75, 3.05) is 38.2 Å². The van der Waals surface area contributed by atoms with Gasteiger partial charge in [0.2, 0.25) is 11.8 Å². The number of nitrogens with one attached hydrogen (secondary N) is 1. The smallest absolute Gasteiger partial charge is 0.407 e. The van der Waals surface area contributed by atoms with Gasteiger partial charge in [0.25, 0.3) is 0 Å². The third-order valence-corrected chi connectivity index (χ3v) is 5.72. The van der Waals surface area contributed by atoms with Gasteiger partial charge in [-0.3, -0.25) is 9.59 Å². The molecule has 8 heteroatoms. The van der Waals surface area contributed by atoms with Gasteiger partial charge in [0, 0.05) is 38.3 Å². The number of nitrogens with zero attached hydrogens (tertiary/aromatic N) is 2. The van der Waals surface area contributed by atoms with Crippen molar-refractivity contribution in [3.05, 3.63) is 24.3 Å². The Labute approximate surface area is 183 Å². The predicted octanol–water partition coefficient (Wildman–Crippen LogP) is 2.81. The number of hydrogen-bond acceptors (Lipinski definition) is 5. The summed E-state index contributed by atoms with van der Waals surface area (Å²) in [4.78, 5) is 40.9. The van der Waals surface area contributed by atoms with Gasteiger partial charge in [-0.15, -0.1) is 0 Å². The lowest BCUT2D eigenvalue weighted by atomic mass is 9.95. The molecule has 0 spiro atoms. The number of rotatable bonds is 5. The number of ether oxygens (including phenoxy) is 2. The van der Waals surface area contributed by atoms with Crippen LogP contribution in [-0.2, 0) is 14.3 Å². The number of benzene rings is 1. The monoisotopic (exact) mass is 431 g/mol. The summed E-state index contributed by atoms with van der Waals surface area (Å²) >= 11 is 0. The molecule has 1 aromatic carbocycles. The summed E-state index contributed by atoms with van der Waals surface area (Å²) in [6.07, 6.45) is 1.48. The zero-order valence-corrected chi connectivity index (χ0v) is 18.8. The molecule has 0 bridgehead atoms. The number of methoxy groups -OCH3 is 1. The summed E-state index contributed by atoms with van der Waals surface area (Å²) in [5.41, 5.74) is 0.270. The molecule has 2 saturated heterocycles. The first-order valence-corrected chi connectivity index (χ1v) is 10.9. The molecule has 2 heterocycles. The van der Waals surface area contributed by atoms with Crippen LogP contribution < -0.4 is 15.0 Å². The lowest BCUT2D eigenvalue weighted by molar-refractivity contribution is -0.137. The highest BCUT2D eigenvalue weighted by molar-refractivity contribution is 6.00. The van der Waals surface area contributed by atoms with E-state index in [1.54, 1.807) is 12.0 Å². The quantitative estimate of drug-likeness (QED) is 0.775. The molecular weight excluding hydrogens is 398 g/mol. The first-order chi connectivity index (χ1) is 14.7. The highest BCUT2D eigenvalue weighted by Gasteiger charge is 2.38. The molecule has 2 aliphatic heterocycles.